The van der Waals surface area contributed by atoms with Gasteiger partial charge in [0.25, 0.3) is 0 Å². The summed E-state index contributed by atoms with van der Waals surface area (Å²) in [6.07, 6.45) is 1.20. The van der Waals surface area contributed by atoms with E-state index in [1.165, 1.54) is 10.4 Å². The van der Waals surface area contributed by atoms with Crippen LogP contribution in [-0.2, 0) is 16.0 Å². The average Bonchev–Trinajstić information content (AvgIpc) is 3.25. The molecule has 0 aliphatic carbocycles. The molecule has 6 nitrogen and oxygen atoms in total. The van der Waals surface area contributed by atoms with Crippen LogP contribution in [0.1, 0.15) is 42.3 Å². The molecule has 0 bridgehead atoms. The highest BCUT2D eigenvalue weighted by molar-refractivity contribution is 7.10. The number of aryl methyl sites for hydroxylation is 1. The van der Waals surface area contributed by atoms with E-state index in [1.54, 1.807) is 11.3 Å². The van der Waals surface area contributed by atoms with Gasteiger partial charge in [-0.25, -0.2) is 0 Å². The van der Waals surface area contributed by atoms with Gasteiger partial charge < -0.3 is 19.5 Å². The highest BCUT2D eigenvalue weighted by atomic mass is 32.1. The molecule has 7 heteroatoms. The lowest BCUT2D eigenvalue weighted by Crippen LogP contribution is -2.48. The van der Waals surface area contributed by atoms with E-state index in [2.05, 4.69) is 18.4 Å². The fraction of sp³-hybridized carbons (Fsp3) is 0.560. The third-order valence-electron chi connectivity index (χ3n) is 5.69. The fourth-order valence-electron chi connectivity index (χ4n) is 4.19. The third-order valence-corrected chi connectivity index (χ3v) is 6.69. The smallest absolute Gasteiger partial charge is 0.237 e. The van der Waals surface area contributed by atoms with Crippen LogP contribution in [0.5, 0.6) is 5.75 Å². The van der Waals surface area contributed by atoms with Gasteiger partial charge in [-0.05, 0) is 67.9 Å². The number of hydrogen-bond acceptors (Lipinski definition) is 6. The Kier molecular flexibility index (Phi) is 9.53. The van der Waals surface area contributed by atoms with Gasteiger partial charge in [0.05, 0.1) is 25.3 Å². The summed E-state index contributed by atoms with van der Waals surface area (Å²) in [6, 6.07) is 10.0. The van der Waals surface area contributed by atoms with Crippen molar-refractivity contribution in [3.8, 4) is 5.75 Å². The Hall–Kier alpha value is -1.93. The molecule has 0 saturated heterocycles. The summed E-state index contributed by atoms with van der Waals surface area (Å²) in [4.78, 5) is 18.7. The zero-order valence-corrected chi connectivity index (χ0v) is 20.3. The number of benzene rings is 1. The minimum Gasteiger partial charge on any atom is -0.491 e. The van der Waals surface area contributed by atoms with Gasteiger partial charge in [-0.3, -0.25) is 9.69 Å². The first-order valence-corrected chi connectivity index (χ1v) is 12.4. The maximum absolute atomic E-state index is 13.4. The topological polar surface area (TPSA) is 62.2 Å². The lowest BCUT2D eigenvalue weighted by atomic mass is 10.0. The van der Waals surface area contributed by atoms with Gasteiger partial charge in [0, 0.05) is 24.6 Å². The van der Waals surface area contributed by atoms with Crippen molar-refractivity contribution < 1.29 is 19.4 Å². The fourth-order valence-corrected chi connectivity index (χ4v) is 5.12. The molecule has 32 heavy (non-hydrogen) atoms. The number of amides is 1. The van der Waals surface area contributed by atoms with Gasteiger partial charge in [0.15, 0.2) is 0 Å². The van der Waals surface area contributed by atoms with Gasteiger partial charge in [-0.2, -0.15) is 0 Å². The Bertz CT molecular complexity index is 856. The van der Waals surface area contributed by atoms with Crippen molar-refractivity contribution >= 4 is 17.2 Å². The second-order valence-corrected chi connectivity index (χ2v) is 9.33. The molecule has 1 aliphatic rings. The van der Waals surface area contributed by atoms with Crippen molar-refractivity contribution in [1.29, 1.82) is 0 Å². The Balaban J connectivity index is 1.69. The van der Waals surface area contributed by atoms with Gasteiger partial charge >= 0.3 is 0 Å². The summed E-state index contributed by atoms with van der Waals surface area (Å²) in [7, 11) is 0. The van der Waals surface area contributed by atoms with Crippen LogP contribution in [0.3, 0.4) is 0 Å². The van der Waals surface area contributed by atoms with E-state index < -0.39 is 6.10 Å². The first-order chi connectivity index (χ1) is 15.5. The maximum Gasteiger partial charge on any atom is 0.237 e. The van der Waals surface area contributed by atoms with Crippen LogP contribution < -0.4 is 4.74 Å². The van der Waals surface area contributed by atoms with E-state index in [-0.39, 0.29) is 18.5 Å². The van der Waals surface area contributed by atoms with Crippen LogP contribution in [-0.4, -0.2) is 72.9 Å². The highest BCUT2D eigenvalue weighted by Gasteiger charge is 2.33. The standard InChI is InChI=1S/C25H36N2O4S/c1-4-11-26(15-20(28)17-30-5-2)16-25(29)27-12-9-24-22(10-13-32-24)23(27)18-31-21-8-6-7-19(3)14-21/h6-8,10,13-14,20,23,28H,4-5,9,11-12,15-18H2,1-3H3/t20-,23-/m0/s1. The third kappa shape index (κ3) is 6.78. The molecule has 1 aliphatic heterocycles. The maximum atomic E-state index is 13.4. The molecular formula is C25H36N2O4S. The minimum absolute atomic E-state index is 0.0803. The second-order valence-electron chi connectivity index (χ2n) is 8.33. The van der Waals surface area contributed by atoms with E-state index in [1.807, 2.05) is 47.9 Å². The molecule has 3 rings (SSSR count). The van der Waals surface area contributed by atoms with Gasteiger partial charge in [0.2, 0.25) is 5.91 Å². The highest BCUT2D eigenvalue weighted by Crippen LogP contribution is 2.34. The van der Waals surface area contributed by atoms with E-state index in [4.69, 9.17) is 9.47 Å². The zero-order valence-electron chi connectivity index (χ0n) is 19.5. The number of nitrogens with zero attached hydrogens (tertiary/aromatic N) is 2. The molecule has 0 spiro atoms. The Morgan fingerprint density at radius 2 is 2.19 bits per heavy atom. The number of ether oxygens (including phenoxy) is 2. The molecule has 1 N–H and O–H groups in total. The molecule has 2 atom stereocenters. The van der Waals surface area contributed by atoms with Crippen molar-refractivity contribution in [3.05, 3.63) is 51.7 Å². The number of fused-ring (bicyclic) bond motifs is 1. The first kappa shape index (κ1) is 24.7. The van der Waals surface area contributed by atoms with Gasteiger partial charge in [0.1, 0.15) is 12.4 Å². The predicted molar refractivity (Wildman–Crippen MR) is 128 cm³/mol. The van der Waals surface area contributed by atoms with Crippen LogP contribution in [0.15, 0.2) is 35.7 Å². The lowest BCUT2D eigenvalue weighted by Gasteiger charge is -2.37. The van der Waals surface area contributed by atoms with Crippen LogP contribution in [0.4, 0.5) is 0 Å². The molecule has 0 fully saturated rings. The lowest BCUT2D eigenvalue weighted by molar-refractivity contribution is -0.136. The molecule has 0 unspecified atom stereocenters. The Morgan fingerprint density at radius 3 is 2.94 bits per heavy atom. The SMILES string of the molecule is CCCN(CC(=O)N1CCc2sccc2[C@@H]1COc1cccc(C)c1)C[C@H](O)COCC. The summed E-state index contributed by atoms with van der Waals surface area (Å²) in [5, 5.41) is 12.4. The van der Waals surface area contributed by atoms with E-state index in [0.29, 0.717) is 32.9 Å². The first-order valence-electron chi connectivity index (χ1n) is 11.5. The molecule has 2 aromatic rings. The molecule has 0 saturated carbocycles. The molecule has 1 aromatic heterocycles. The van der Waals surface area contributed by atoms with Crippen LogP contribution in [0.2, 0.25) is 0 Å². The molecular weight excluding hydrogens is 424 g/mol. The number of aliphatic hydroxyl groups excluding tert-OH is 1. The average molecular weight is 461 g/mol. The normalized spacial score (nSPS) is 16.8. The Labute approximate surface area is 195 Å². The van der Waals surface area contributed by atoms with E-state index >= 15 is 0 Å². The zero-order chi connectivity index (χ0) is 22.9. The quantitative estimate of drug-likeness (QED) is 0.524. The summed E-state index contributed by atoms with van der Waals surface area (Å²) < 4.78 is 11.5. The Morgan fingerprint density at radius 1 is 1.34 bits per heavy atom. The summed E-state index contributed by atoms with van der Waals surface area (Å²) in [6.45, 7) is 9.51. The molecule has 1 amide bonds. The largest absolute Gasteiger partial charge is 0.491 e. The second kappa shape index (κ2) is 12.3. The molecule has 0 radical (unpaired) electrons. The summed E-state index contributed by atoms with van der Waals surface area (Å²) >= 11 is 1.75. The van der Waals surface area contributed by atoms with E-state index in [0.717, 1.165) is 30.7 Å². The van der Waals surface area contributed by atoms with E-state index in [9.17, 15) is 9.90 Å². The van der Waals surface area contributed by atoms with Crippen molar-refractivity contribution in [2.75, 3.05) is 46.0 Å². The van der Waals surface area contributed by atoms with Crippen molar-refractivity contribution in [2.24, 2.45) is 0 Å². The number of hydrogen-bond donors (Lipinski definition) is 1. The summed E-state index contributed by atoms with van der Waals surface area (Å²) in [5.41, 5.74) is 2.34. The van der Waals surface area contributed by atoms with Gasteiger partial charge in [-0.15, -0.1) is 11.3 Å². The van der Waals surface area contributed by atoms with Crippen LogP contribution >= 0.6 is 11.3 Å². The number of aliphatic hydroxyl groups is 1. The predicted octanol–water partition coefficient (Wildman–Crippen LogP) is 3.67. The van der Waals surface area contributed by atoms with Gasteiger partial charge in [-0.1, -0.05) is 19.1 Å². The molecule has 2 heterocycles. The van der Waals surface area contributed by atoms with Crippen molar-refractivity contribution in [3.63, 3.8) is 0 Å². The summed E-state index contributed by atoms with van der Waals surface area (Å²) in [5.74, 6) is 0.906. The minimum atomic E-state index is -0.598. The number of rotatable bonds is 12. The van der Waals surface area contributed by atoms with Crippen molar-refractivity contribution in [2.45, 2.75) is 45.8 Å². The van der Waals surface area contributed by atoms with Crippen molar-refractivity contribution in [1.82, 2.24) is 9.80 Å². The number of carbonyl (C=O) groups is 1. The number of thiophene rings is 1. The molecule has 176 valence electrons. The monoisotopic (exact) mass is 460 g/mol. The van der Waals surface area contributed by atoms with Crippen LogP contribution in [0.25, 0.3) is 0 Å². The number of carbonyl (C=O) groups excluding carboxylic acids is 1. The molecule has 1 aromatic carbocycles. The van der Waals surface area contributed by atoms with Crippen LogP contribution in [0, 0.1) is 6.92 Å².